The van der Waals surface area contributed by atoms with E-state index >= 15 is 0 Å². The zero-order valence-corrected chi connectivity index (χ0v) is 14.2. The highest BCUT2D eigenvalue weighted by Crippen LogP contribution is 2.33. The number of carbonyl (C=O) groups is 2. The van der Waals surface area contributed by atoms with Crippen LogP contribution in [-0.2, 0) is 19.4 Å². The van der Waals surface area contributed by atoms with Gasteiger partial charge in [0.15, 0.2) is 0 Å². The highest BCUT2D eigenvalue weighted by atomic mass is 19.3. The molecule has 1 aromatic rings. The van der Waals surface area contributed by atoms with Crippen LogP contribution in [0.25, 0.3) is 0 Å². The lowest BCUT2D eigenvalue weighted by molar-refractivity contribution is -0.196. The Kier molecular flexibility index (Phi) is 7.63. The molecule has 8 nitrogen and oxygen atoms in total. The van der Waals surface area contributed by atoms with Gasteiger partial charge in [-0.1, -0.05) is 0 Å². The van der Waals surface area contributed by atoms with E-state index in [0.717, 1.165) is 37.9 Å². The highest BCUT2D eigenvalue weighted by molar-refractivity contribution is 5.78. The average Bonchev–Trinajstić information content (AvgIpc) is 3.36. The lowest BCUT2D eigenvalue weighted by Gasteiger charge is -2.28. The fraction of sp³-hybridized carbons (Fsp3) is 0.562. The molecule has 0 spiro atoms. The van der Waals surface area contributed by atoms with Crippen LogP contribution in [0.2, 0.25) is 0 Å². The van der Waals surface area contributed by atoms with Gasteiger partial charge in [-0.05, 0) is 25.9 Å². The summed E-state index contributed by atoms with van der Waals surface area (Å²) in [6.45, 7) is 2.27. The first-order valence-corrected chi connectivity index (χ1v) is 8.23. The maximum absolute atomic E-state index is 12.5. The lowest BCUT2D eigenvalue weighted by Crippen LogP contribution is -2.40. The Labute approximate surface area is 152 Å². The third-order valence-corrected chi connectivity index (χ3v) is 4.18. The van der Waals surface area contributed by atoms with Crippen LogP contribution < -0.4 is 5.32 Å². The number of hydroxylamine groups is 2. The van der Waals surface area contributed by atoms with Gasteiger partial charge in [0.25, 0.3) is 0 Å². The fourth-order valence-electron chi connectivity index (χ4n) is 2.86. The van der Waals surface area contributed by atoms with Crippen molar-refractivity contribution in [1.82, 2.24) is 10.4 Å². The molecule has 1 aromatic heterocycles. The molecule has 148 valence electrons. The maximum Gasteiger partial charge on any atom is 0.414 e. The van der Waals surface area contributed by atoms with E-state index in [1.54, 1.807) is 12.3 Å². The van der Waals surface area contributed by atoms with Gasteiger partial charge in [-0.15, -0.1) is 0 Å². The first-order chi connectivity index (χ1) is 13.0. The monoisotopic (exact) mass is 389 g/mol. The summed E-state index contributed by atoms with van der Waals surface area (Å²) in [5, 5.41) is 13.5. The molecule has 0 aliphatic carbocycles. The molecule has 1 amide bonds. The molecule has 0 radical (unpaired) electrons. The van der Waals surface area contributed by atoms with Gasteiger partial charge in [-0.25, -0.2) is 14.8 Å². The van der Waals surface area contributed by atoms with Crippen molar-refractivity contribution in [3.05, 3.63) is 23.7 Å². The predicted octanol–water partition coefficient (Wildman–Crippen LogP) is 2.04. The van der Waals surface area contributed by atoms with Crippen molar-refractivity contribution in [3.8, 4) is 6.07 Å². The van der Waals surface area contributed by atoms with E-state index in [-0.39, 0.29) is 23.6 Å². The van der Waals surface area contributed by atoms with E-state index in [9.17, 15) is 18.1 Å². The largest absolute Gasteiger partial charge is 0.453 e. The van der Waals surface area contributed by atoms with Gasteiger partial charge in [0.1, 0.15) is 6.07 Å². The molecule has 0 aromatic carbocycles. The van der Waals surface area contributed by atoms with E-state index in [1.165, 1.54) is 5.06 Å². The standard InChI is InChI=1S/C14H17N3O3.C2HF3O2/c15-8-12-7-11(9-19-12)13-3-6-20-17(13)14(18)10-1-4-16-5-2-10;3-1(4)2(6)7-5/h7,9-10,13,16H,1-6H2;1H/t13-;/m0./s1. The molecule has 11 heteroatoms. The Morgan fingerprint density at radius 2 is 2.04 bits per heavy atom. The number of amides is 1. The van der Waals surface area contributed by atoms with Crippen LogP contribution in [0.4, 0.5) is 13.3 Å². The minimum Gasteiger partial charge on any atom is -0.453 e. The van der Waals surface area contributed by atoms with E-state index in [1.807, 2.05) is 6.07 Å². The Morgan fingerprint density at radius 3 is 2.56 bits per heavy atom. The maximum atomic E-state index is 12.5. The van der Waals surface area contributed by atoms with Gasteiger partial charge >= 0.3 is 12.4 Å². The van der Waals surface area contributed by atoms with Gasteiger partial charge in [0.2, 0.25) is 11.7 Å². The third kappa shape index (κ3) is 5.45. The fourth-order valence-corrected chi connectivity index (χ4v) is 2.86. The molecule has 2 fully saturated rings. The number of alkyl halides is 2. The van der Waals surface area contributed by atoms with Gasteiger partial charge in [-0.2, -0.15) is 14.0 Å². The van der Waals surface area contributed by atoms with Gasteiger partial charge in [0, 0.05) is 28.5 Å². The molecule has 2 aliphatic heterocycles. The minimum atomic E-state index is -3.37. The second-order valence-electron chi connectivity index (χ2n) is 5.88. The second kappa shape index (κ2) is 9.94. The number of nitrogens with zero attached hydrogens (tertiary/aromatic N) is 2. The van der Waals surface area contributed by atoms with Crippen LogP contribution in [0, 0.1) is 17.2 Å². The molecular weight excluding hydrogens is 371 g/mol. The summed E-state index contributed by atoms with van der Waals surface area (Å²) in [5.41, 5.74) is 0.835. The average molecular weight is 389 g/mol. The number of nitriles is 1. The van der Waals surface area contributed by atoms with Crippen LogP contribution >= 0.6 is 0 Å². The first-order valence-electron chi connectivity index (χ1n) is 8.23. The van der Waals surface area contributed by atoms with Crippen LogP contribution in [0.15, 0.2) is 16.7 Å². The molecule has 3 heterocycles. The summed E-state index contributed by atoms with van der Waals surface area (Å²) in [7, 11) is 0. The third-order valence-electron chi connectivity index (χ3n) is 4.18. The van der Waals surface area contributed by atoms with Gasteiger partial charge < -0.3 is 9.73 Å². The molecule has 3 rings (SSSR count). The van der Waals surface area contributed by atoms with Crippen LogP contribution in [0.5, 0.6) is 0 Å². The van der Waals surface area contributed by atoms with Crippen LogP contribution in [0.1, 0.15) is 36.6 Å². The number of rotatable bonds is 3. The summed E-state index contributed by atoms with van der Waals surface area (Å²) in [6, 6.07) is 3.51. The number of hydrogen-bond donors (Lipinski definition) is 1. The van der Waals surface area contributed by atoms with E-state index in [4.69, 9.17) is 19.3 Å². The van der Waals surface area contributed by atoms with E-state index < -0.39 is 12.4 Å². The summed E-state index contributed by atoms with van der Waals surface area (Å²) in [4.78, 5) is 29.3. The summed E-state index contributed by atoms with van der Waals surface area (Å²) >= 11 is 0. The number of carbonyl (C=O) groups excluding carboxylic acids is 2. The van der Waals surface area contributed by atoms with Gasteiger partial charge in [-0.3, -0.25) is 9.63 Å². The Morgan fingerprint density at radius 1 is 1.33 bits per heavy atom. The second-order valence-corrected chi connectivity index (χ2v) is 5.88. The summed E-state index contributed by atoms with van der Waals surface area (Å²) in [5.74, 6) is -1.81. The van der Waals surface area contributed by atoms with Crippen molar-refractivity contribution in [2.24, 2.45) is 5.92 Å². The predicted molar refractivity (Wildman–Crippen MR) is 82.4 cm³/mol. The molecule has 0 saturated carbocycles. The van der Waals surface area contributed by atoms with Gasteiger partial charge in [0.05, 0.1) is 18.9 Å². The molecule has 0 bridgehead atoms. The summed E-state index contributed by atoms with van der Waals surface area (Å²) < 4.78 is 36.9. The quantitative estimate of drug-likeness (QED) is 0.843. The highest BCUT2D eigenvalue weighted by Gasteiger charge is 2.36. The molecule has 2 saturated heterocycles. The normalized spacial score (nSPS) is 20.0. The Hall–Kier alpha value is -2.58. The van der Waals surface area contributed by atoms with Crippen molar-refractivity contribution < 1.29 is 37.1 Å². The number of hydrogen-bond acceptors (Lipinski definition) is 7. The SMILES string of the molecule is N#Cc1cc([C@@H]2CCON2C(=O)C2CCNCC2)co1.O=C(OF)C(F)F. The number of nitrogens with one attached hydrogen (secondary N) is 1. The molecule has 27 heavy (non-hydrogen) atoms. The smallest absolute Gasteiger partial charge is 0.414 e. The van der Waals surface area contributed by atoms with E-state index in [2.05, 4.69) is 10.3 Å². The summed E-state index contributed by atoms with van der Waals surface area (Å²) in [6.07, 6.45) is 0.604. The molecule has 0 unspecified atom stereocenters. The van der Waals surface area contributed by atoms with Crippen molar-refractivity contribution in [2.45, 2.75) is 31.7 Å². The Balaban J connectivity index is 0.000000321. The van der Waals surface area contributed by atoms with Crippen molar-refractivity contribution in [1.29, 1.82) is 5.26 Å². The van der Waals surface area contributed by atoms with E-state index in [0.29, 0.717) is 6.61 Å². The number of halogens is 3. The van der Waals surface area contributed by atoms with Crippen LogP contribution in [0.3, 0.4) is 0 Å². The molecule has 1 N–H and O–H groups in total. The van der Waals surface area contributed by atoms with Crippen molar-refractivity contribution in [2.75, 3.05) is 19.7 Å². The molecular formula is C16H18F3N3O5. The molecule has 2 aliphatic rings. The number of piperidine rings is 1. The zero-order chi connectivity index (χ0) is 19.8. The van der Waals surface area contributed by atoms with Crippen molar-refractivity contribution in [3.63, 3.8) is 0 Å². The molecule has 1 atom stereocenters. The Bertz CT molecular complexity index is 685. The topological polar surface area (TPSA) is 105 Å². The minimum absolute atomic E-state index is 0.0270. The van der Waals surface area contributed by atoms with Crippen molar-refractivity contribution >= 4 is 11.9 Å². The lowest BCUT2D eigenvalue weighted by atomic mass is 9.96. The zero-order valence-electron chi connectivity index (χ0n) is 14.2. The number of furan rings is 1. The van der Waals surface area contributed by atoms with Crippen LogP contribution in [-0.4, -0.2) is 43.1 Å². The first kappa shape index (κ1) is 20.7.